The molecule has 1 unspecified atom stereocenters. The molecule has 0 radical (unpaired) electrons. The van der Waals surface area contributed by atoms with Crippen LogP contribution in [-0.2, 0) is 25.4 Å². The van der Waals surface area contributed by atoms with E-state index in [4.69, 9.17) is 21.1 Å². The van der Waals surface area contributed by atoms with Crippen molar-refractivity contribution in [1.82, 2.24) is 4.72 Å². The van der Waals surface area contributed by atoms with E-state index in [2.05, 4.69) is 4.72 Å². The van der Waals surface area contributed by atoms with Gasteiger partial charge in [-0.05, 0) is 36.6 Å². The van der Waals surface area contributed by atoms with Crippen LogP contribution >= 0.6 is 11.6 Å². The third-order valence-corrected chi connectivity index (χ3v) is 5.11. The number of aryl methyl sites for hydroxylation is 2. The standard InChI is InChI=1S/C14H22ClNO4S/c1-10-5-11(2)14(6-12(10)7-15)21(17,18)16-8-13(20-4)9-19-3/h5-6,13,16H,7-9H2,1-4H3. The molecule has 120 valence electrons. The summed E-state index contributed by atoms with van der Waals surface area (Å²) in [6, 6.07) is 3.45. The lowest BCUT2D eigenvalue weighted by Gasteiger charge is -2.17. The van der Waals surface area contributed by atoms with Gasteiger partial charge in [-0.3, -0.25) is 0 Å². The molecule has 21 heavy (non-hydrogen) atoms. The van der Waals surface area contributed by atoms with Crippen molar-refractivity contribution >= 4 is 21.6 Å². The second-order valence-electron chi connectivity index (χ2n) is 4.84. The number of halogens is 1. The van der Waals surface area contributed by atoms with E-state index < -0.39 is 10.0 Å². The van der Waals surface area contributed by atoms with Crippen LogP contribution in [0.15, 0.2) is 17.0 Å². The number of ether oxygens (including phenoxy) is 2. The van der Waals surface area contributed by atoms with E-state index in [1.54, 1.807) is 13.0 Å². The molecule has 0 amide bonds. The molecule has 1 rings (SSSR count). The van der Waals surface area contributed by atoms with Crippen molar-refractivity contribution in [2.75, 3.05) is 27.4 Å². The molecule has 1 aromatic rings. The lowest BCUT2D eigenvalue weighted by atomic mass is 10.1. The summed E-state index contributed by atoms with van der Waals surface area (Å²) < 4.78 is 37.5. The van der Waals surface area contributed by atoms with Gasteiger partial charge in [-0.1, -0.05) is 6.07 Å². The first kappa shape index (κ1) is 18.4. The van der Waals surface area contributed by atoms with Gasteiger partial charge in [0.15, 0.2) is 0 Å². The monoisotopic (exact) mass is 335 g/mol. The lowest BCUT2D eigenvalue weighted by Crippen LogP contribution is -2.35. The van der Waals surface area contributed by atoms with Crippen LogP contribution in [0.25, 0.3) is 0 Å². The quantitative estimate of drug-likeness (QED) is 0.738. The van der Waals surface area contributed by atoms with Crippen molar-refractivity contribution in [2.45, 2.75) is 30.7 Å². The third-order valence-electron chi connectivity index (χ3n) is 3.25. The number of hydrogen-bond donors (Lipinski definition) is 1. The first-order chi connectivity index (χ1) is 9.85. The molecule has 0 saturated carbocycles. The highest BCUT2D eigenvalue weighted by molar-refractivity contribution is 7.89. The molecule has 1 atom stereocenters. The highest BCUT2D eigenvalue weighted by Gasteiger charge is 2.20. The zero-order valence-corrected chi connectivity index (χ0v) is 14.3. The van der Waals surface area contributed by atoms with Gasteiger partial charge in [-0.25, -0.2) is 13.1 Å². The summed E-state index contributed by atoms with van der Waals surface area (Å²) in [5, 5.41) is 0. The van der Waals surface area contributed by atoms with Crippen LogP contribution < -0.4 is 4.72 Å². The molecule has 5 nitrogen and oxygen atoms in total. The SMILES string of the molecule is COCC(CNS(=O)(=O)c1cc(CCl)c(C)cc1C)OC. The highest BCUT2D eigenvalue weighted by atomic mass is 35.5. The Labute approximate surface area is 131 Å². The van der Waals surface area contributed by atoms with Crippen LogP contribution in [0.1, 0.15) is 16.7 Å². The Morgan fingerprint density at radius 3 is 2.43 bits per heavy atom. The molecular formula is C14H22ClNO4S. The summed E-state index contributed by atoms with van der Waals surface area (Å²) in [5.74, 6) is 0.277. The van der Waals surface area contributed by atoms with E-state index in [-0.39, 0.29) is 23.4 Å². The largest absolute Gasteiger partial charge is 0.382 e. The Bertz CT molecular complexity index is 575. The second-order valence-corrected chi connectivity index (χ2v) is 6.85. The van der Waals surface area contributed by atoms with E-state index in [0.29, 0.717) is 12.2 Å². The van der Waals surface area contributed by atoms with Crippen molar-refractivity contribution in [1.29, 1.82) is 0 Å². The second kappa shape index (κ2) is 8.10. The molecule has 0 aliphatic rings. The number of methoxy groups -OCH3 is 2. The first-order valence-electron chi connectivity index (χ1n) is 6.53. The van der Waals surface area contributed by atoms with Crippen molar-refractivity contribution in [3.8, 4) is 0 Å². The predicted molar refractivity (Wildman–Crippen MR) is 83.3 cm³/mol. The van der Waals surface area contributed by atoms with E-state index in [1.165, 1.54) is 14.2 Å². The average Bonchev–Trinajstić information content (AvgIpc) is 2.43. The number of hydrogen-bond acceptors (Lipinski definition) is 4. The van der Waals surface area contributed by atoms with Crippen molar-refractivity contribution in [2.24, 2.45) is 0 Å². The zero-order chi connectivity index (χ0) is 16.0. The van der Waals surface area contributed by atoms with Gasteiger partial charge >= 0.3 is 0 Å². The van der Waals surface area contributed by atoms with E-state index in [1.807, 2.05) is 13.0 Å². The summed E-state index contributed by atoms with van der Waals surface area (Å²) in [6.45, 7) is 4.14. The van der Waals surface area contributed by atoms with Crippen LogP contribution in [-0.4, -0.2) is 41.9 Å². The summed E-state index contributed by atoms with van der Waals surface area (Å²) in [7, 11) is -0.554. The molecule has 0 fully saturated rings. The van der Waals surface area contributed by atoms with Gasteiger partial charge in [0.1, 0.15) is 0 Å². The maximum atomic E-state index is 12.4. The molecule has 1 aromatic carbocycles. The Hall–Kier alpha value is -0.660. The number of alkyl halides is 1. The Morgan fingerprint density at radius 1 is 1.24 bits per heavy atom. The molecule has 0 heterocycles. The van der Waals surface area contributed by atoms with Gasteiger partial charge in [0.05, 0.1) is 17.6 Å². The smallest absolute Gasteiger partial charge is 0.240 e. The summed E-state index contributed by atoms with van der Waals surface area (Å²) in [4.78, 5) is 0.246. The maximum absolute atomic E-state index is 12.4. The predicted octanol–water partition coefficient (Wildman–Crippen LogP) is 1.98. The molecule has 0 aliphatic carbocycles. The minimum Gasteiger partial charge on any atom is -0.382 e. The number of sulfonamides is 1. The van der Waals surface area contributed by atoms with Crippen molar-refractivity contribution in [3.05, 3.63) is 28.8 Å². The van der Waals surface area contributed by atoms with Crippen molar-refractivity contribution < 1.29 is 17.9 Å². The molecule has 0 aliphatic heterocycles. The highest BCUT2D eigenvalue weighted by Crippen LogP contribution is 2.21. The minimum absolute atomic E-state index is 0.149. The van der Waals surface area contributed by atoms with Gasteiger partial charge in [0.25, 0.3) is 0 Å². The normalized spacial score (nSPS) is 13.4. The summed E-state index contributed by atoms with van der Waals surface area (Å²) in [6.07, 6.45) is -0.331. The van der Waals surface area contributed by atoms with Crippen LogP contribution in [0.2, 0.25) is 0 Å². The fourth-order valence-electron chi connectivity index (χ4n) is 1.98. The third kappa shape index (κ3) is 4.93. The van der Waals surface area contributed by atoms with Crippen LogP contribution in [0.5, 0.6) is 0 Å². The minimum atomic E-state index is -3.61. The number of rotatable bonds is 8. The first-order valence-corrected chi connectivity index (χ1v) is 8.55. The molecule has 0 bridgehead atoms. The molecule has 0 saturated heterocycles. The lowest BCUT2D eigenvalue weighted by molar-refractivity contribution is 0.0320. The van der Waals surface area contributed by atoms with E-state index in [9.17, 15) is 8.42 Å². The Balaban J connectivity index is 2.97. The van der Waals surface area contributed by atoms with E-state index in [0.717, 1.165) is 11.1 Å². The van der Waals surface area contributed by atoms with Crippen LogP contribution in [0, 0.1) is 13.8 Å². The van der Waals surface area contributed by atoms with Gasteiger partial charge < -0.3 is 9.47 Å². The fourth-order valence-corrected chi connectivity index (χ4v) is 3.61. The Kier molecular flexibility index (Phi) is 7.09. The van der Waals surface area contributed by atoms with E-state index >= 15 is 0 Å². The van der Waals surface area contributed by atoms with Gasteiger partial charge in [0, 0.05) is 26.6 Å². The molecule has 0 aromatic heterocycles. The average molecular weight is 336 g/mol. The number of nitrogens with one attached hydrogen (secondary N) is 1. The van der Waals surface area contributed by atoms with Crippen molar-refractivity contribution in [3.63, 3.8) is 0 Å². The van der Waals surface area contributed by atoms with Gasteiger partial charge in [-0.15, -0.1) is 11.6 Å². The van der Waals surface area contributed by atoms with Crippen LogP contribution in [0.4, 0.5) is 0 Å². The molecule has 7 heteroatoms. The zero-order valence-electron chi connectivity index (χ0n) is 12.8. The number of benzene rings is 1. The summed E-state index contributed by atoms with van der Waals surface area (Å²) >= 11 is 5.85. The summed E-state index contributed by atoms with van der Waals surface area (Å²) in [5.41, 5.74) is 2.48. The van der Waals surface area contributed by atoms with Gasteiger partial charge in [-0.2, -0.15) is 0 Å². The molecular weight excluding hydrogens is 314 g/mol. The topological polar surface area (TPSA) is 64.6 Å². The molecule has 0 spiro atoms. The Morgan fingerprint density at radius 2 is 1.90 bits per heavy atom. The van der Waals surface area contributed by atoms with Crippen LogP contribution in [0.3, 0.4) is 0 Å². The van der Waals surface area contributed by atoms with Gasteiger partial charge in [0.2, 0.25) is 10.0 Å². The fraction of sp³-hybridized carbons (Fsp3) is 0.571. The molecule has 1 N–H and O–H groups in total. The maximum Gasteiger partial charge on any atom is 0.240 e.